The molecular formula is C29H24N2O4. The molecule has 0 saturated heterocycles. The van der Waals surface area contributed by atoms with Gasteiger partial charge in [-0.15, -0.1) is 0 Å². The zero-order valence-corrected chi connectivity index (χ0v) is 19.2. The molecule has 2 amide bonds. The second-order valence-corrected chi connectivity index (χ2v) is 8.29. The third-order valence-electron chi connectivity index (χ3n) is 5.85. The molecule has 0 atom stereocenters. The van der Waals surface area contributed by atoms with Crippen molar-refractivity contribution in [1.29, 1.82) is 0 Å². The predicted molar refractivity (Wildman–Crippen MR) is 134 cm³/mol. The summed E-state index contributed by atoms with van der Waals surface area (Å²) in [5, 5.41) is 5.80. The topological polar surface area (TPSA) is 76.7 Å². The number of benzene rings is 4. The second-order valence-electron chi connectivity index (χ2n) is 8.29. The molecule has 6 nitrogen and oxygen atoms in total. The summed E-state index contributed by atoms with van der Waals surface area (Å²) in [7, 11) is 1.65. The molecule has 0 spiro atoms. The van der Waals surface area contributed by atoms with Gasteiger partial charge < -0.3 is 20.1 Å². The van der Waals surface area contributed by atoms with Gasteiger partial charge in [-0.25, -0.2) is 0 Å². The lowest BCUT2D eigenvalue weighted by Gasteiger charge is -2.11. The van der Waals surface area contributed by atoms with Gasteiger partial charge >= 0.3 is 0 Å². The molecule has 0 aromatic heterocycles. The highest BCUT2D eigenvalue weighted by atomic mass is 16.5. The lowest BCUT2D eigenvalue weighted by molar-refractivity contribution is 0.0949. The summed E-state index contributed by atoms with van der Waals surface area (Å²) >= 11 is 0. The highest BCUT2D eigenvalue weighted by molar-refractivity contribution is 6.08. The van der Waals surface area contributed by atoms with E-state index in [2.05, 4.69) is 22.8 Å². The van der Waals surface area contributed by atoms with Crippen molar-refractivity contribution in [3.05, 3.63) is 119 Å². The summed E-state index contributed by atoms with van der Waals surface area (Å²) in [6, 6.07) is 28.2. The molecule has 1 aliphatic rings. The van der Waals surface area contributed by atoms with Crippen LogP contribution in [0, 0.1) is 0 Å². The summed E-state index contributed by atoms with van der Waals surface area (Å²) in [6.07, 6.45) is 0.790. The lowest BCUT2D eigenvalue weighted by Crippen LogP contribution is -2.23. The van der Waals surface area contributed by atoms with Crippen molar-refractivity contribution in [2.24, 2.45) is 0 Å². The molecule has 4 aromatic carbocycles. The van der Waals surface area contributed by atoms with Crippen molar-refractivity contribution in [3.8, 4) is 17.2 Å². The van der Waals surface area contributed by atoms with E-state index in [1.807, 2.05) is 42.5 Å². The molecule has 0 aliphatic carbocycles. The molecule has 0 fully saturated rings. The van der Waals surface area contributed by atoms with Crippen molar-refractivity contribution >= 4 is 17.5 Å². The Morgan fingerprint density at radius 3 is 2.49 bits per heavy atom. The van der Waals surface area contributed by atoms with Gasteiger partial charge in [-0.3, -0.25) is 9.59 Å². The minimum Gasteiger partial charge on any atom is -0.497 e. The maximum Gasteiger partial charge on any atom is 0.259 e. The van der Waals surface area contributed by atoms with Crippen LogP contribution in [0.3, 0.4) is 0 Å². The molecule has 0 saturated carbocycles. The Morgan fingerprint density at radius 2 is 1.66 bits per heavy atom. The number of rotatable bonds is 6. The summed E-state index contributed by atoms with van der Waals surface area (Å²) in [4.78, 5) is 25.4. The van der Waals surface area contributed by atoms with Crippen LogP contribution in [-0.4, -0.2) is 18.9 Å². The first kappa shape index (κ1) is 22.2. The number of ether oxygens (including phenoxy) is 2. The van der Waals surface area contributed by atoms with Gasteiger partial charge in [0.05, 0.1) is 18.4 Å². The molecule has 2 N–H and O–H groups in total. The van der Waals surface area contributed by atoms with Crippen molar-refractivity contribution in [2.45, 2.75) is 13.0 Å². The summed E-state index contributed by atoms with van der Waals surface area (Å²) in [5.74, 6) is 1.30. The van der Waals surface area contributed by atoms with Gasteiger partial charge in [-0.1, -0.05) is 48.5 Å². The molecule has 0 unspecified atom stereocenters. The van der Waals surface area contributed by atoms with Gasteiger partial charge in [0.15, 0.2) is 5.75 Å². The largest absolute Gasteiger partial charge is 0.497 e. The fourth-order valence-electron chi connectivity index (χ4n) is 4.02. The lowest BCUT2D eigenvalue weighted by atomic mass is 10.0. The molecule has 1 aliphatic heterocycles. The normalized spacial score (nSPS) is 11.9. The number of nitrogens with one attached hydrogen (secondary N) is 2. The summed E-state index contributed by atoms with van der Waals surface area (Å²) in [6.45, 7) is 0.390. The van der Waals surface area contributed by atoms with Gasteiger partial charge in [-0.05, 0) is 65.6 Å². The molecule has 1 heterocycles. The molecule has 35 heavy (non-hydrogen) atoms. The first-order chi connectivity index (χ1) is 17.1. The number of hydrogen-bond acceptors (Lipinski definition) is 4. The third kappa shape index (κ3) is 5.01. The van der Waals surface area contributed by atoms with Crippen LogP contribution in [0.1, 0.15) is 37.4 Å². The van der Waals surface area contributed by atoms with Crippen molar-refractivity contribution in [2.75, 3.05) is 12.4 Å². The molecular weight excluding hydrogens is 440 g/mol. The van der Waals surface area contributed by atoms with Gasteiger partial charge in [0, 0.05) is 12.1 Å². The molecule has 174 valence electrons. The van der Waals surface area contributed by atoms with E-state index in [1.54, 1.807) is 43.5 Å². The van der Waals surface area contributed by atoms with Gasteiger partial charge in [0.1, 0.15) is 11.5 Å². The SMILES string of the molecule is COc1ccc(Cc2cccc(CNC(=O)c3ccc4c(c3)NC(=O)c3ccccc3O4)c2)cc1. The fraction of sp³-hybridized carbons (Fsp3) is 0.103. The quantitative estimate of drug-likeness (QED) is 0.391. The Hall–Kier alpha value is -4.58. The Morgan fingerprint density at radius 1 is 0.857 bits per heavy atom. The zero-order valence-electron chi connectivity index (χ0n) is 19.2. The van der Waals surface area contributed by atoms with E-state index in [-0.39, 0.29) is 11.8 Å². The van der Waals surface area contributed by atoms with Crippen LogP contribution in [0.4, 0.5) is 5.69 Å². The number of carbonyl (C=O) groups is 2. The molecule has 0 radical (unpaired) electrons. The zero-order chi connectivity index (χ0) is 24.2. The first-order valence-electron chi connectivity index (χ1n) is 11.3. The molecule has 5 rings (SSSR count). The van der Waals surface area contributed by atoms with Crippen LogP contribution in [0.2, 0.25) is 0 Å². The average molecular weight is 465 g/mol. The van der Waals surface area contributed by atoms with Crippen molar-refractivity contribution < 1.29 is 19.1 Å². The van der Waals surface area contributed by atoms with Gasteiger partial charge in [-0.2, -0.15) is 0 Å². The molecule has 6 heteroatoms. The van der Waals surface area contributed by atoms with Gasteiger partial charge in [0.25, 0.3) is 11.8 Å². The average Bonchev–Trinajstić information content (AvgIpc) is 3.03. The summed E-state index contributed by atoms with van der Waals surface area (Å²) < 4.78 is 11.1. The maximum atomic E-state index is 12.8. The Bertz CT molecular complexity index is 1400. The van der Waals surface area contributed by atoms with E-state index in [4.69, 9.17) is 9.47 Å². The van der Waals surface area contributed by atoms with E-state index in [1.165, 1.54) is 5.56 Å². The minimum atomic E-state index is -0.273. The highest BCUT2D eigenvalue weighted by Gasteiger charge is 2.21. The predicted octanol–water partition coefficient (Wildman–Crippen LogP) is 5.57. The standard InChI is InChI=1S/C29H24N2O4/c1-34-23-12-9-19(10-13-23)15-20-5-4-6-21(16-20)18-30-28(32)22-11-14-27-25(17-22)31-29(33)24-7-2-3-8-26(24)35-27/h2-14,16-17H,15,18H2,1H3,(H,30,32)(H,31,33). The highest BCUT2D eigenvalue weighted by Crippen LogP contribution is 2.36. The van der Waals surface area contributed by atoms with Crippen molar-refractivity contribution in [3.63, 3.8) is 0 Å². The Kier molecular flexibility index (Phi) is 6.18. The Labute approximate surface area is 203 Å². The Balaban J connectivity index is 1.25. The number of carbonyl (C=O) groups excluding carboxylic acids is 2. The molecule has 0 bridgehead atoms. The van der Waals surface area contributed by atoms with E-state index in [0.29, 0.717) is 34.9 Å². The number of methoxy groups -OCH3 is 1. The number of para-hydroxylation sites is 1. The van der Waals surface area contributed by atoms with Gasteiger partial charge in [0.2, 0.25) is 0 Å². The van der Waals surface area contributed by atoms with Crippen molar-refractivity contribution in [1.82, 2.24) is 5.32 Å². The van der Waals surface area contributed by atoms with Crippen LogP contribution in [-0.2, 0) is 13.0 Å². The van der Waals surface area contributed by atoms with E-state index in [0.717, 1.165) is 23.3 Å². The van der Waals surface area contributed by atoms with Crippen LogP contribution in [0.5, 0.6) is 17.2 Å². The monoisotopic (exact) mass is 464 g/mol. The third-order valence-corrected chi connectivity index (χ3v) is 5.85. The first-order valence-corrected chi connectivity index (χ1v) is 11.3. The summed E-state index contributed by atoms with van der Waals surface area (Å²) in [5.41, 5.74) is 4.69. The molecule has 4 aromatic rings. The number of anilines is 1. The second kappa shape index (κ2) is 9.73. The van der Waals surface area contributed by atoms with Crippen LogP contribution < -0.4 is 20.1 Å². The maximum absolute atomic E-state index is 12.8. The van der Waals surface area contributed by atoms with Crippen LogP contribution >= 0.6 is 0 Å². The van der Waals surface area contributed by atoms with E-state index in [9.17, 15) is 9.59 Å². The van der Waals surface area contributed by atoms with Crippen LogP contribution in [0.15, 0.2) is 91.0 Å². The number of fused-ring (bicyclic) bond motifs is 2. The van der Waals surface area contributed by atoms with Crippen LogP contribution in [0.25, 0.3) is 0 Å². The number of amides is 2. The van der Waals surface area contributed by atoms with E-state index < -0.39 is 0 Å². The minimum absolute atomic E-state index is 0.232. The fourth-order valence-corrected chi connectivity index (χ4v) is 4.02. The number of hydrogen-bond donors (Lipinski definition) is 2. The van der Waals surface area contributed by atoms with E-state index >= 15 is 0 Å². The smallest absolute Gasteiger partial charge is 0.259 e.